The zero-order chi connectivity index (χ0) is 15.9. The number of carboxylic acid groups (broad SMARTS) is 1. The Morgan fingerprint density at radius 2 is 1.95 bits per heavy atom. The van der Waals surface area contributed by atoms with E-state index in [1.165, 1.54) is 0 Å². The summed E-state index contributed by atoms with van der Waals surface area (Å²) < 4.78 is 30.6. The van der Waals surface area contributed by atoms with E-state index in [0.717, 1.165) is 25.7 Å². The summed E-state index contributed by atoms with van der Waals surface area (Å²) in [5, 5.41) is 9.04. The van der Waals surface area contributed by atoms with Crippen LogP contribution in [0.25, 0.3) is 0 Å². The first-order chi connectivity index (χ1) is 9.84. The average molecular weight is 321 g/mol. The molecule has 7 nitrogen and oxygen atoms in total. The number of unbranched alkanes of at least 4 members (excludes halogenated alkanes) is 1. The molecule has 0 aromatic carbocycles. The minimum Gasteiger partial charge on any atom is -0.480 e. The number of carbonyl (C=O) groups is 2. The van der Waals surface area contributed by atoms with Crippen LogP contribution in [-0.2, 0) is 24.3 Å². The molecule has 0 saturated heterocycles. The van der Waals surface area contributed by atoms with Crippen molar-refractivity contribution >= 4 is 22.0 Å². The van der Waals surface area contributed by atoms with E-state index < -0.39 is 34.4 Å². The Kier molecular flexibility index (Phi) is 7.10. The van der Waals surface area contributed by atoms with Gasteiger partial charge in [-0.1, -0.05) is 13.3 Å². The zero-order valence-electron chi connectivity index (χ0n) is 12.2. The third kappa shape index (κ3) is 6.90. The molecule has 21 heavy (non-hydrogen) atoms. The number of hydrogen-bond donors (Lipinski definition) is 2. The molecule has 0 radical (unpaired) electrons. The Labute approximate surface area is 125 Å². The number of hydrogen-bond acceptors (Lipinski definition) is 5. The summed E-state index contributed by atoms with van der Waals surface area (Å²) in [5.41, 5.74) is 0. The molecule has 1 rings (SSSR count). The van der Waals surface area contributed by atoms with Crippen LogP contribution in [0.1, 0.15) is 51.9 Å². The van der Waals surface area contributed by atoms with E-state index in [9.17, 15) is 18.0 Å². The lowest BCUT2D eigenvalue weighted by molar-refractivity contribution is -0.152. The van der Waals surface area contributed by atoms with Gasteiger partial charge in [-0.15, -0.1) is 0 Å². The van der Waals surface area contributed by atoms with Gasteiger partial charge in [-0.3, -0.25) is 9.59 Å². The number of aliphatic carboxylic acids is 1. The first-order valence-corrected chi connectivity index (χ1v) is 8.91. The van der Waals surface area contributed by atoms with E-state index in [1.807, 2.05) is 6.92 Å². The van der Waals surface area contributed by atoms with Gasteiger partial charge in [0.15, 0.2) is 0 Å². The maximum absolute atomic E-state index is 11.7. The van der Waals surface area contributed by atoms with Gasteiger partial charge in [0.05, 0.1) is 12.2 Å². The van der Waals surface area contributed by atoms with Crippen molar-refractivity contribution in [3.8, 4) is 0 Å². The van der Waals surface area contributed by atoms with Crippen LogP contribution in [0.2, 0.25) is 0 Å². The number of ether oxygens (including phenoxy) is 1. The molecule has 122 valence electrons. The predicted molar refractivity (Wildman–Crippen MR) is 76.2 cm³/mol. The fourth-order valence-electron chi connectivity index (χ4n) is 2.20. The van der Waals surface area contributed by atoms with E-state index in [0.29, 0.717) is 12.8 Å². The molecule has 0 unspecified atom stereocenters. The third-order valence-electron chi connectivity index (χ3n) is 3.36. The molecule has 0 heterocycles. The van der Waals surface area contributed by atoms with Crippen molar-refractivity contribution in [2.75, 3.05) is 5.75 Å². The molecule has 1 saturated carbocycles. The number of esters is 1. The SMILES string of the molecule is CCCCS(=O)(=O)N[C@@H](CC(=O)OC1CCCC1)C(=O)O. The van der Waals surface area contributed by atoms with Crippen molar-refractivity contribution in [2.24, 2.45) is 0 Å². The first-order valence-electron chi connectivity index (χ1n) is 7.26. The maximum atomic E-state index is 11.7. The average Bonchev–Trinajstić information content (AvgIpc) is 2.88. The van der Waals surface area contributed by atoms with Crippen molar-refractivity contribution in [3.63, 3.8) is 0 Å². The number of nitrogens with one attached hydrogen (secondary N) is 1. The molecule has 0 aromatic heterocycles. The van der Waals surface area contributed by atoms with E-state index in [2.05, 4.69) is 4.72 Å². The Hall–Kier alpha value is -1.15. The predicted octanol–water partition coefficient (Wildman–Crippen LogP) is 1.03. The molecule has 0 aromatic rings. The molecule has 2 N–H and O–H groups in total. The van der Waals surface area contributed by atoms with Gasteiger partial charge in [0.1, 0.15) is 12.1 Å². The summed E-state index contributed by atoms with van der Waals surface area (Å²) in [6, 6.07) is -1.47. The number of carbonyl (C=O) groups excluding carboxylic acids is 1. The van der Waals surface area contributed by atoms with Gasteiger partial charge in [-0.2, -0.15) is 0 Å². The molecule has 0 spiro atoms. The van der Waals surface area contributed by atoms with Crippen molar-refractivity contribution in [3.05, 3.63) is 0 Å². The van der Waals surface area contributed by atoms with E-state index in [4.69, 9.17) is 9.84 Å². The van der Waals surface area contributed by atoms with Gasteiger partial charge in [0.25, 0.3) is 0 Å². The van der Waals surface area contributed by atoms with E-state index >= 15 is 0 Å². The first kappa shape index (κ1) is 17.9. The van der Waals surface area contributed by atoms with Crippen LogP contribution in [0.5, 0.6) is 0 Å². The molecule has 0 bridgehead atoms. The van der Waals surface area contributed by atoms with Crippen LogP contribution in [0.15, 0.2) is 0 Å². The molecule has 1 fully saturated rings. The molecule has 8 heteroatoms. The Balaban J connectivity index is 2.52. The summed E-state index contributed by atoms with van der Waals surface area (Å²) in [7, 11) is -3.70. The third-order valence-corrected chi connectivity index (χ3v) is 4.83. The molecule has 1 aliphatic rings. The van der Waals surface area contributed by atoms with Gasteiger partial charge in [-0.05, 0) is 32.1 Å². The van der Waals surface area contributed by atoms with Crippen molar-refractivity contribution in [1.29, 1.82) is 0 Å². The highest BCUT2D eigenvalue weighted by Crippen LogP contribution is 2.21. The topological polar surface area (TPSA) is 110 Å². The molecular formula is C13H23NO6S. The quantitative estimate of drug-likeness (QED) is 0.614. The normalized spacial score (nSPS) is 17.6. The van der Waals surface area contributed by atoms with Crippen LogP contribution in [0.3, 0.4) is 0 Å². The Morgan fingerprint density at radius 3 is 2.48 bits per heavy atom. The fourth-order valence-corrected chi connectivity index (χ4v) is 3.60. The highest BCUT2D eigenvalue weighted by molar-refractivity contribution is 7.89. The molecule has 0 aliphatic heterocycles. The van der Waals surface area contributed by atoms with Gasteiger partial charge in [-0.25, -0.2) is 13.1 Å². The van der Waals surface area contributed by atoms with Gasteiger partial charge in [0.2, 0.25) is 10.0 Å². The maximum Gasteiger partial charge on any atom is 0.322 e. The minimum atomic E-state index is -3.70. The van der Waals surface area contributed by atoms with Crippen molar-refractivity contribution in [2.45, 2.75) is 64.0 Å². The zero-order valence-corrected chi connectivity index (χ0v) is 13.0. The smallest absolute Gasteiger partial charge is 0.322 e. The van der Waals surface area contributed by atoms with Gasteiger partial charge < -0.3 is 9.84 Å². The molecular weight excluding hydrogens is 298 g/mol. The van der Waals surface area contributed by atoms with Crippen LogP contribution in [-0.4, -0.2) is 43.4 Å². The second-order valence-electron chi connectivity index (χ2n) is 5.28. The summed E-state index contributed by atoms with van der Waals surface area (Å²) in [5.74, 6) is -2.20. The number of sulfonamides is 1. The second-order valence-corrected chi connectivity index (χ2v) is 7.15. The summed E-state index contributed by atoms with van der Waals surface area (Å²) in [6.07, 6.45) is 4.02. The van der Waals surface area contributed by atoms with E-state index in [-0.39, 0.29) is 11.9 Å². The Bertz CT molecular complexity index is 455. The molecule has 1 atom stereocenters. The highest BCUT2D eigenvalue weighted by Gasteiger charge is 2.28. The van der Waals surface area contributed by atoms with Crippen molar-refractivity contribution < 1.29 is 27.9 Å². The van der Waals surface area contributed by atoms with Crippen LogP contribution >= 0.6 is 0 Å². The lowest BCUT2D eigenvalue weighted by atomic mass is 10.2. The summed E-state index contributed by atoms with van der Waals surface area (Å²) >= 11 is 0. The monoisotopic (exact) mass is 321 g/mol. The van der Waals surface area contributed by atoms with Gasteiger partial charge in [0, 0.05) is 0 Å². The standard InChI is InChI=1S/C13H23NO6S/c1-2-3-8-21(18,19)14-11(13(16)17)9-12(15)20-10-6-4-5-7-10/h10-11,14H,2-9H2,1H3,(H,16,17)/t11-/m0/s1. The number of rotatable bonds is 9. The lowest BCUT2D eigenvalue weighted by Gasteiger charge is -2.16. The van der Waals surface area contributed by atoms with Crippen LogP contribution in [0, 0.1) is 0 Å². The van der Waals surface area contributed by atoms with Crippen molar-refractivity contribution in [1.82, 2.24) is 4.72 Å². The number of carboxylic acids is 1. The largest absolute Gasteiger partial charge is 0.480 e. The summed E-state index contributed by atoms with van der Waals surface area (Å²) in [4.78, 5) is 22.8. The van der Waals surface area contributed by atoms with Gasteiger partial charge >= 0.3 is 11.9 Å². The molecule has 1 aliphatic carbocycles. The minimum absolute atomic E-state index is 0.148. The second kappa shape index (κ2) is 8.33. The molecule has 0 amide bonds. The van der Waals surface area contributed by atoms with Crippen LogP contribution < -0.4 is 4.72 Å². The highest BCUT2D eigenvalue weighted by atomic mass is 32.2. The lowest BCUT2D eigenvalue weighted by Crippen LogP contribution is -2.43. The Morgan fingerprint density at radius 1 is 1.33 bits per heavy atom. The summed E-state index contributed by atoms with van der Waals surface area (Å²) in [6.45, 7) is 1.84. The van der Waals surface area contributed by atoms with E-state index in [1.54, 1.807) is 0 Å². The fraction of sp³-hybridized carbons (Fsp3) is 0.846. The van der Waals surface area contributed by atoms with Crippen LogP contribution in [0.4, 0.5) is 0 Å².